The predicted molar refractivity (Wildman–Crippen MR) is 53.4 cm³/mol. The van der Waals surface area contributed by atoms with E-state index in [1.54, 1.807) is 13.3 Å². The highest BCUT2D eigenvalue weighted by Gasteiger charge is 2.16. The SMILES string of the molecule is Cn1c2c(c(=O)n(C)c1=O)CCC=N2. The Balaban J connectivity index is 2.94. The zero-order chi connectivity index (χ0) is 10.3. The Morgan fingerprint density at radius 1 is 1.29 bits per heavy atom. The Bertz CT molecular complexity index is 522. The van der Waals surface area contributed by atoms with E-state index >= 15 is 0 Å². The van der Waals surface area contributed by atoms with Gasteiger partial charge >= 0.3 is 5.69 Å². The van der Waals surface area contributed by atoms with Crippen LogP contribution in [0.5, 0.6) is 0 Å². The molecule has 0 radical (unpaired) electrons. The summed E-state index contributed by atoms with van der Waals surface area (Å²) in [6.07, 6.45) is 3.17. The van der Waals surface area contributed by atoms with Gasteiger partial charge in [0.25, 0.3) is 5.56 Å². The van der Waals surface area contributed by atoms with Crippen LogP contribution in [0.4, 0.5) is 5.82 Å². The first-order valence-electron chi connectivity index (χ1n) is 4.44. The van der Waals surface area contributed by atoms with Crippen molar-refractivity contribution in [2.45, 2.75) is 12.8 Å². The first-order valence-corrected chi connectivity index (χ1v) is 4.44. The molecule has 0 atom stereocenters. The van der Waals surface area contributed by atoms with Crippen molar-refractivity contribution in [2.24, 2.45) is 19.1 Å². The van der Waals surface area contributed by atoms with E-state index in [0.717, 1.165) is 11.0 Å². The predicted octanol–water partition coefficient (Wildman–Crippen LogP) is -0.267. The van der Waals surface area contributed by atoms with Crippen LogP contribution >= 0.6 is 0 Å². The van der Waals surface area contributed by atoms with Crippen LogP contribution in [-0.2, 0) is 20.5 Å². The molecule has 0 amide bonds. The maximum Gasteiger partial charge on any atom is 0.332 e. The Hall–Kier alpha value is -1.65. The number of fused-ring (bicyclic) bond motifs is 1. The van der Waals surface area contributed by atoms with E-state index in [9.17, 15) is 9.59 Å². The molecule has 0 aromatic carbocycles. The third-order valence-electron chi connectivity index (χ3n) is 2.46. The number of hydrogen-bond acceptors (Lipinski definition) is 3. The van der Waals surface area contributed by atoms with Gasteiger partial charge in [-0.3, -0.25) is 13.9 Å². The fourth-order valence-electron chi connectivity index (χ4n) is 1.65. The van der Waals surface area contributed by atoms with Crippen LogP contribution in [-0.4, -0.2) is 15.3 Å². The average Bonchev–Trinajstić information content (AvgIpc) is 2.23. The highest BCUT2D eigenvalue weighted by molar-refractivity contribution is 5.66. The molecule has 0 N–H and O–H groups in total. The molecule has 1 aromatic rings. The second-order valence-electron chi connectivity index (χ2n) is 3.36. The lowest BCUT2D eigenvalue weighted by Crippen LogP contribution is -2.39. The molecule has 1 aliphatic heterocycles. The highest BCUT2D eigenvalue weighted by atomic mass is 16.2. The van der Waals surface area contributed by atoms with Gasteiger partial charge in [0, 0.05) is 20.3 Å². The van der Waals surface area contributed by atoms with Crippen molar-refractivity contribution in [2.75, 3.05) is 0 Å². The van der Waals surface area contributed by atoms with E-state index in [0.29, 0.717) is 17.8 Å². The summed E-state index contributed by atoms with van der Waals surface area (Å²) in [5.74, 6) is 0.504. The van der Waals surface area contributed by atoms with Gasteiger partial charge in [-0.2, -0.15) is 0 Å². The first kappa shape index (κ1) is 8.93. The quantitative estimate of drug-likeness (QED) is 0.569. The summed E-state index contributed by atoms with van der Waals surface area (Å²) >= 11 is 0. The molecule has 14 heavy (non-hydrogen) atoms. The monoisotopic (exact) mass is 193 g/mol. The summed E-state index contributed by atoms with van der Waals surface area (Å²) in [5.41, 5.74) is 0.0878. The van der Waals surface area contributed by atoms with E-state index in [2.05, 4.69) is 4.99 Å². The summed E-state index contributed by atoms with van der Waals surface area (Å²) in [6.45, 7) is 0. The van der Waals surface area contributed by atoms with Gasteiger partial charge in [-0.1, -0.05) is 0 Å². The van der Waals surface area contributed by atoms with E-state index in [1.807, 2.05) is 0 Å². The molecule has 0 saturated heterocycles. The van der Waals surface area contributed by atoms with Crippen LogP contribution in [0.15, 0.2) is 14.6 Å². The van der Waals surface area contributed by atoms with Gasteiger partial charge in [0.05, 0.1) is 5.56 Å². The van der Waals surface area contributed by atoms with E-state index in [4.69, 9.17) is 0 Å². The van der Waals surface area contributed by atoms with Gasteiger partial charge in [-0.05, 0) is 12.8 Å². The molecule has 1 aliphatic rings. The minimum absolute atomic E-state index is 0.222. The van der Waals surface area contributed by atoms with E-state index in [1.165, 1.54) is 11.6 Å². The summed E-state index contributed by atoms with van der Waals surface area (Å²) in [5, 5.41) is 0. The van der Waals surface area contributed by atoms with Crippen molar-refractivity contribution in [3.63, 3.8) is 0 Å². The zero-order valence-electron chi connectivity index (χ0n) is 8.15. The number of nitrogens with zero attached hydrogens (tertiary/aromatic N) is 3. The van der Waals surface area contributed by atoms with Crippen molar-refractivity contribution >= 4 is 12.0 Å². The fraction of sp³-hybridized carbons (Fsp3) is 0.444. The van der Waals surface area contributed by atoms with Gasteiger partial charge in [0.1, 0.15) is 5.82 Å². The Morgan fingerprint density at radius 3 is 2.71 bits per heavy atom. The molecule has 0 fully saturated rings. The van der Waals surface area contributed by atoms with Crippen LogP contribution < -0.4 is 11.2 Å². The molecule has 1 aromatic heterocycles. The molecule has 0 spiro atoms. The average molecular weight is 193 g/mol. The minimum atomic E-state index is -0.326. The molecule has 0 bridgehead atoms. The molecule has 5 nitrogen and oxygen atoms in total. The van der Waals surface area contributed by atoms with Crippen LogP contribution in [0.3, 0.4) is 0 Å². The largest absolute Gasteiger partial charge is 0.332 e. The lowest BCUT2D eigenvalue weighted by Gasteiger charge is -2.13. The third kappa shape index (κ3) is 1.05. The second-order valence-corrected chi connectivity index (χ2v) is 3.36. The van der Waals surface area contributed by atoms with E-state index < -0.39 is 0 Å². The lowest BCUT2D eigenvalue weighted by molar-refractivity contribution is 0.668. The lowest BCUT2D eigenvalue weighted by atomic mass is 10.1. The molecule has 0 aliphatic carbocycles. The summed E-state index contributed by atoms with van der Waals surface area (Å²) < 4.78 is 2.53. The second kappa shape index (κ2) is 2.94. The maximum atomic E-state index is 11.7. The summed E-state index contributed by atoms with van der Waals surface area (Å²) in [4.78, 5) is 27.3. The molecule has 5 heteroatoms. The molecular formula is C9H11N3O2. The van der Waals surface area contributed by atoms with Crippen LogP contribution in [0.2, 0.25) is 0 Å². The molecule has 0 saturated carbocycles. The normalized spacial score (nSPS) is 14.1. The molecular weight excluding hydrogens is 182 g/mol. The van der Waals surface area contributed by atoms with Gasteiger partial charge < -0.3 is 0 Å². The van der Waals surface area contributed by atoms with Crippen LogP contribution in [0.25, 0.3) is 0 Å². The maximum absolute atomic E-state index is 11.7. The van der Waals surface area contributed by atoms with Gasteiger partial charge in [0.15, 0.2) is 0 Å². The van der Waals surface area contributed by atoms with E-state index in [-0.39, 0.29) is 11.2 Å². The fourth-order valence-corrected chi connectivity index (χ4v) is 1.65. The number of aliphatic imine (C=N–C) groups is 1. The van der Waals surface area contributed by atoms with Gasteiger partial charge in [-0.25, -0.2) is 9.79 Å². The number of aromatic nitrogens is 2. The molecule has 2 heterocycles. The summed E-state index contributed by atoms with van der Waals surface area (Å²) in [6, 6.07) is 0. The topological polar surface area (TPSA) is 56.4 Å². The van der Waals surface area contributed by atoms with Crippen LogP contribution in [0, 0.1) is 0 Å². The van der Waals surface area contributed by atoms with Crippen molar-refractivity contribution in [1.82, 2.24) is 9.13 Å². The highest BCUT2D eigenvalue weighted by Crippen LogP contribution is 2.17. The molecule has 2 rings (SSSR count). The van der Waals surface area contributed by atoms with Gasteiger partial charge in [-0.15, -0.1) is 0 Å². The smallest absolute Gasteiger partial charge is 0.281 e. The zero-order valence-corrected chi connectivity index (χ0v) is 8.15. The summed E-state index contributed by atoms with van der Waals surface area (Å²) in [7, 11) is 3.12. The van der Waals surface area contributed by atoms with Gasteiger partial charge in [0.2, 0.25) is 0 Å². The minimum Gasteiger partial charge on any atom is -0.281 e. The Morgan fingerprint density at radius 2 is 2.00 bits per heavy atom. The number of hydrogen-bond donors (Lipinski definition) is 0. The Labute approximate surface area is 80.3 Å². The standard InChI is InChI=1S/C9H11N3O2/c1-11-7-6(4-3-5-10-7)8(13)12(2)9(11)14/h5H,3-4H2,1-2H3. The van der Waals surface area contributed by atoms with Crippen LogP contribution in [0.1, 0.15) is 12.0 Å². The molecule has 74 valence electrons. The number of rotatable bonds is 0. The first-order chi connectivity index (χ1) is 6.63. The van der Waals surface area contributed by atoms with Crippen molar-refractivity contribution in [3.8, 4) is 0 Å². The van der Waals surface area contributed by atoms with Crippen molar-refractivity contribution < 1.29 is 0 Å². The molecule has 0 unspecified atom stereocenters. The third-order valence-corrected chi connectivity index (χ3v) is 2.46. The van der Waals surface area contributed by atoms with Crippen molar-refractivity contribution in [3.05, 3.63) is 26.4 Å². The van der Waals surface area contributed by atoms with Crippen molar-refractivity contribution in [1.29, 1.82) is 0 Å². The Kier molecular flexibility index (Phi) is 1.87.